The molecule has 1 atom stereocenters. The number of amides is 1. The van der Waals surface area contributed by atoms with Gasteiger partial charge in [-0.1, -0.05) is 62.4 Å². The average molecular weight is 418 g/mol. The number of ether oxygens (including phenoxy) is 1. The van der Waals surface area contributed by atoms with Crippen molar-refractivity contribution in [2.45, 2.75) is 42.3 Å². The van der Waals surface area contributed by atoms with Crippen LogP contribution in [0, 0.1) is 0 Å². The Morgan fingerprint density at radius 1 is 1.25 bits per heavy atom. The van der Waals surface area contributed by atoms with E-state index in [0.717, 1.165) is 15.5 Å². The number of nitrogens with one attached hydrogen (secondary N) is 1. The van der Waals surface area contributed by atoms with Crippen molar-refractivity contribution < 1.29 is 13.9 Å². The van der Waals surface area contributed by atoms with Gasteiger partial charge in [0.1, 0.15) is 5.76 Å². The molecule has 0 bridgehead atoms. The highest BCUT2D eigenvalue weighted by molar-refractivity contribution is 8.00. The third-order valence-electron chi connectivity index (χ3n) is 3.92. The molecule has 2 aromatic heterocycles. The van der Waals surface area contributed by atoms with Gasteiger partial charge in [-0.25, -0.2) is 9.97 Å². The molecule has 3 rings (SSSR count). The molecule has 8 heteroatoms. The van der Waals surface area contributed by atoms with Gasteiger partial charge in [-0.05, 0) is 5.56 Å². The Balaban J connectivity index is 1.58. The smallest absolute Gasteiger partial charge is 0.259 e. The number of hydrogen-bond acceptors (Lipinski definition) is 7. The van der Waals surface area contributed by atoms with Crippen molar-refractivity contribution in [3.63, 3.8) is 0 Å². The molecule has 0 aliphatic rings. The fourth-order valence-corrected chi connectivity index (χ4v) is 4.16. The Kier molecular flexibility index (Phi) is 6.53. The first-order chi connectivity index (χ1) is 13.4. The number of anilines is 1. The summed E-state index contributed by atoms with van der Waals surface area (Å²) in [7, 11) is 1.52. The second-order valence-electron chi connectivity index (χ2n) is 7.16. The van der Waals surface area contributed by atoms with Crippen LogP contribution in [0.15, 0.2) is 51.4 Å². The molecule has 0 fully saturated rings. The number of oxazole rings is 1. The average Bonchev–Trinajstić information content (AvgIpc) is 3.30. The molecule has 2 heterocycles. The molecule has 3 aromatic rings. The van der Waals surface area contributed by atoms with Crippen LogP contribution in [0.5, 0.6) is 0 Å². The first kappa shape index (κ1) is 20.6. The maximum Gasteiger partial charge on any atom is 0.259 e. The lowest BCUT2D eigenvalue weighted by Gasteiger charge is -2.14. The number of nitrogens with zero attached hydrogens (tertiary/aromatic N) is 2. The maximum absolute atomic E-state index is 12.5. The van der Waals surface area contributed by atoms with Crippen LogP contribution in [0.4, 0.5) is 5.13 Å². The van der Waals surface area contributed by atoms with Crippen LogP contribution < -0.4 is 5.32 Å². The molecule has 1 N–H and O–H groups in total. The molecule has 0 saturated heterocycles. The highest BCUT2D eigenvalue weighted by Crippen LogP contribution is 2.32. The molecule has 148 valence electrons. The van der Waals surface area contributed by atoms with Gasteiger partial charge in [-0.3, -0.25) is 10.1 Å². The fourth-order valence-electron chi connectivity index (χ4n) is 2.43. The van der Waals surface area contributed by atoms with E-state index in [0.29, 0.717) is 16.8 Å². The maximum atomic E-state index is 12.5. The highest BCUT2D eigenvalue weighted by Gasteiger charge is 2.21. The second-order valence-corrected chi connectivity index (χ2v) is 9.46. The van der Waals surface area contributed by atoms with Crippen LogP contribution in [0.2, 0.25) is 0 Å². The lowest BCUT2D eigenvalue weighted by Crippen LogP contribution is -2.22. The molecule has 0 unspecified atom stereocenters. The molecule has 0 aliphatic heterocycles. The number of carbonyl (C=O) groups excluding carboxylic acids is 1. The molecular formula is C20H23N3O3S2. The minimum absolute atomic E-state index is 0.0610. The van der Waals surface area contributed by atoms with Crippen LogP contribution >= 0.6 is 23.1 Å². The normalized spacial score (nSPS) is 12.7. The van der Waals surface area contributed by atoms with Crippen molar-refractivity contribution in [3.05, 3.63) is 59.9 Å². The molecule has 0 radical (unpaired) electrons. The molecule has 0 aliphatic carbocycles. The number of thiazole rings is 1. The van der Waals surface area contributed by atoms with Gasteiger partial charge in [0.15, 0.2) is 11.2 Å². The van der Waals surface area contributed by atoms with Crippen molar-refractivity contribution >= 4 is 34.1 Å². The number of thioether (sulfide) groups is 1. The lowest BCUT2D eigenvalue weighted by molar-refractivity contribution is -0.126. The van der Waals surface area contributed by atoms with Gasteiger partial charge in [-0.15, -0.1) is 11.8 Å². The number of rotatable bonds is 7. The van der Waals surface area contributed by atoms with Crippen LogP contribution in [0.1, 0.15) is 44.1 Å². The summed E-state index contributed by atoms with van der Waals surface area (Å²) in [6.07, 6.45) is 2.84. The summed E-state index contributed by atoms with van der Waals surface area (Å²) in [5, 5.41) is 3.36. The van der Waals surface area contributed by atoms with E-state index >= 15 is 0 Å². The summed E-state index contributed by atoms with van der Waals surface area (Å²) in [5.41, 5.74) is 0.737. The summed E-state index contributed by atoms with van der Waals surface area (Å²) < 4.78 is 12.1. The Morgan fingerprint density at radius 2 is 2.00 bits per heavy atom. The van der Waals surface area contributed by atoms with Crippen molar-refractivity contribution in [2.75, 3.05) is 12.4 Å². The predicted octanol–water partition coefficient (Wildman–Crippen LogP) is 5.05. The zero-order chi connectivity index (χ0) is 20.1. The first-order valence-corrected chi connectivity index (χ1v) is 10.6. The van der Waals surface area contributed by atoms with Crippen molar-refractivity contribution in [3.8, 4) is 0 Å². The van der Waals surface area contributed by atoms with Gasteiger partial charge in [0.2, 0.25) is 5.89 Å². The standard InChI is InChI=1S/C20H23N3O3S2/c1-20(2,3)14-10-21-15(26-14)12-27-16-11-22-19(28-16)23-18(24)17(25-4)13-8-6-5-7-9-13/h5-11,17H,12H2,1-4H3,(H,22,23,24)/t17-/m0/s1. The summed E-state index contributed by atoms with van der Waals surface area (Å²) in [4.78, 5) is 21.1. The minimum Gasteiger partial charge on any atom is -0.444 e. The Labute approximate surface area is 172 Å². The molecule has 28 heavy (non-hydrogen) atoms. The molecule has 1 aromatic carbocycles. The van der Waals surface area contributed by atoms with Gasteiger partial charge in [0.05, 0.1) is 22.4 Å². The van der Waals surface area contributed by atoms with Gasteiger partial charge in [0.25, 0.3) is 5.91 Å². The number of hydrogen-bond donors (Lipinski definition) is 1. The lowest BCUT2D eigenvalue weighted by atomic mass is 9.94. The Hall–Kier alpha value is -2.16. The van der Waals surface area contributed by atoms with E-state index in [2.05, 4.69) is 36.1 Å². The Morgan fingerprint density at radius 3 is 2.64 bits per heavy atom. The number of aromatic nitrogens is 2. The molecular weight excluding hydrogens is 394 g/mol. The van der Waals surface area contributed by atoms with Crippen LogP contribution in [0.3, 0.4) is 0 Å². The minimum atomic E-state index is -0.677. The highest BCUT2D eigenvalue weighted by atomic mass is 32.2. The third-order valence-corrected chi connectivity index (χ3v) is 6.01. The van der Waals surface area contributed by atoms with Gasteiger partial charge >= 0.3 is 0 Å². The van der Waals surface area contributed by atoms with E-state index in [1.54, 1.807) is 24.2 Å². The van der Waals surface area contributed by atoms with E-state index in [9.17, 15) is 4.79 Å². The SMILES string of the molecule is CO[C@H](C(=O)Nc1ncc(SCc2ncc(C(C)(C)C)o2)s1)c1ccccc1. The summed E-state index contributed by atoms with van der Waals surface area (Å²) in [5.74, 6) is 1.91. The Bertz CT molecular complexity index is 916. The van der Waals surface area contributed by atoms with E-state index in [-0.39, 0.29) is 11.3 Å². The third kappa shape index (κ3) is 5.21. The van der Waals surface area contributed by atoms with Gasteiger partial charge in [0, 0.05) is 12.5 Å². The van der Waals surface area contributed by atoms with E-state index in [4.69, 9.17) is 9.15 Å². The number of benzene rings is 1. The van der Waals surface area contributed by atoms with E-state index < -0.39 is 6.10 Å². The summed E-state index contributed by atoms with van der Waals surface area (Å²) in [6, 6.07) is 9.37. The van der Waals surface area contributed by atoms with Gasteiger partial charge < -0.3 is 9.15 Å². The zero-order valence-corrected chi connectivity index (χ0v) is 17.9. The fraction of sp³-hybridized carbons (Fsp3) is 0.350. The van der Waals surface area contributed by atoms with Crippen molar-refractivity contribution in [1.82, 2.24) is 9.97 Å². The van der Waals surface area contributed by atoms with Crippen LogP contribution in [0.25, 0.3) is 0 Å². The second kappa shape index (κ2) is 8.89. The predicted molar refractivity (Wildman–Crippen MR) is 112 cm³/mol. The topological polar surface area (TPSA) is 77.2 Å². The number of methoxy groups -OCH3 is 1. The molecule has 0 saturated carbocycles. The van der Waals surface area contributed by atoms with E-state index in [1.807, 2.05) is 30.3 Å². The zero-order valence-electron chi connectivity index (χ0n) is 16.3. The largest absolute Gasteiger partial charge is 0.444 e. The van der Waals surface area contributed by atoms with Crippen LogP contribution in [-0.4, -0.2) is 23.0 Å². The van der Waals surface area contributed by atoms with Crippen LogP contribution in [-0.2, 0) is 20.7 Å². The van der Waals surface area contributed by atoms with E-state index in [1.165, 1.54) is 18.4 Å². The molecule has 6 nitrogen and oxygen atoms in total. The van der Waals surface area contributed by atoms with Crippen molar-refractivity contribution in [1.29, 1.82) is 0 Å². The summed E-state index contributed by atoms with van der Waals surface area (Å²) >= 11 is 2.98. The monoisotopic (exact) mass is 417 g/mol. The quantitative estimate of drug-likeness (QED) is 0.542. The molecule has 0 spiro atoms. The number of carbonyl (C=O) groups is 1. The van der Waals surface area contributed by atoms with Gasteiger partial charge in [-0.2, -0.15) is 0 Å². The van der Waals surface area contributed by atoms with Crippen molar-refractivity contribution in [2.24, 2.45) is 0 Å². The first-order valence-electron chi connectivity index (χ1n) is 8.79. The molecule has 1 amide bonds. The summed E-state index contributed by atoms with van der Waals surface area (Å²) in [6.45, 7) is 6.27.